The Kier molecular flexibility index (Phi) is 2.02. The average Bonchev–Trinajstić information content (AvgIpc) is 2.74. The normalized spacial score (nSPS) is 14.9. The van der Waals surface area contributed by atoms with Gasteiger partial charge >= 0.3 is 0 Å². The highest BCUT2D eigenvalue weighted by Crippen LogP contribution is 2.22. The van der Waals surface area contributed by atoms with Gasteiger partial charge in [0.15, 0.2) is 5.82 Å². The molecule has 3 rings (SSSR count). The molecule has 0 radical (unpaired) electrons. The van der Waals surface area contributed by atoms with E-state index >= 15 is 0 Å². The summed E-state index contributed by atoms with van der Waals surface area (Å²) in [5, 5.41) is 0. The van der Waals surface area contributed by atoms with Crippen LogP contribution in [0.1, 0.15) is 18.5 Å². The van der Waals surface area contributed by atoms with Gasteiger partial charge in [0.25, 0.3) is 0 Å². The van der Waals surface area contributed by atoms with Crippen molar-refractivity contribution in [3.8, 4) is 11.5 Å². The molecule has 0 aliphatic carbocycles. The first-order valence-corrected chi connectivity index (χ1v) is 5.41. The molecule has 15 heavy (non-hydrogen) atoms. The van der Waals surface area contributed by atoms with E-state index in [1.807, 2.05) is 30.6 Å². The van der Waals surface area contributed by atoms with E-state index in [-0.39, 0.29) is 0 Å². The third-order valence-electron chi connectivity index (χ3n) is 2.90. The molecule has 1 aliphatic heterocycles. The third-order valence-corrected chi connectivity index (χ3v) is 2.90. The summed E-state index contributed by atoms with van der Waals surface area (Å²) >= 11 is 0. The third kappa shape index (κ3) is 1.44. The molecule has 3 heteroatoms. The molecule has 0 N–H and O–H groups in total. The Morgan fingerprint density at radius 3 is 3.00 bits per heavy atom. The van der Waals surface area contributed by atoms with Crippen LogP contribution in [0.4, 0.5) is 0 Å². The van der Waals surface area contributed by atoms with Gasteiger partial charge in [-0.1, -0.05) is 6.07 Å². The standard InChI is InChI=1S/C12H13N3/c1-3-7-13-11(6-1)12-14-9-10-5-2-4-8-15(10)12/h1,3,6-7,9H,2,4-5,8H2. The van der Waals surface area contributed by atoms with Crippen molar-refractivity contribution in [2.75, 3.05) is 0 Å². The molecule has 0 spiro atoms. The van der Waals surface area contributed by atoms with Crippen LogP contribution in [-0.2, 0) is 13.0 Å². The van der Waals surface area contributed by atoms with Crippen molar-refractivity contribution in [3.05, 3.63) is 36.3 Å². The zero-order valence-corrected chi connectivity index (χ0v) is 8.56. The zero-order chi connectivity index (χ0) is 10.1. The molecule has 0 unspecified atom stereocenters. The second-order valence-corrected chi connectivity index (χ2v) is 3.90. The van der Waals surface area contributed by atoms with Crippen molar-refractivity contribution in [1.29, 1.82) is 0 Å². The van der Waals surface area contributed by atoms with Crippen molar-refractivity contribution in [2.45, 2.75) is 25.8 Å². The van der Waals surface area contributed by atoms with E-state index in [9.17, 15) is 0 Å². The molecule has 0 saturated carbocycles. The fourth-order valence-electron chi connectivity index (χ4n) is 2.14. The SMILES string of the molecule is c1ccc(-c2ncc3n2CCCC3)nc1. The first-order chi connectivity index (χ1) is 7.45. The molecule has 1 aliphatic rings. The molecule has 0 fully saturated rings. The summed E-state index contributed by atoms with van der Waals surface area (Å²) in [6.07, 6.45) is 7.50. The lowest BCUT2D eigenvalue weighted by molar-refractivity contribution is 0.536. The van der Waals surface area contributed by atoms with E-state index in [0.717, 1.165) is 24.5 Å². The molecule has 3 nitrogen and oxygen atoms in total. The maximum absolute atomic E-state index is 4.47. The van der Waals surface area contributed by atoms with Crippen LogP contribution in [0.25, 0.3) is 11.5 Å². The zero-order valence-electron chi connectivity index (χ0n) is 8.56. The van der Waals surface area contributed by atoms with E-state index in [1.54, 1.807) is 0 Å². The number of pyridine rings is 1. The van der Waals surface area contributed by atoms with Gasteiger partial charge in [0.05, 0.1) is 0 Å². The Morgan fingerprint density at radius 2 is 2.13 bits per heavy atom. The molecule has 0 amide bonds. The summed E-state index contributed by atoms with van der Waals surface area (Å²) in [7, 11) is 0. The summed E-state index contributed by atoms with van der Waals surface area (Å²) in [5.41, 5.74) is 2.33. The largest absolute Gasteiger partial charge is 0.327 e. The van der Waals surface area contributed by atoms with Crippen LogP contribution in [0.3, 0.4) is 0 Å². The van der Waals surface area contributed by atoms with Crippen LogP contribution < -0.4 is 0 Å². The maximum Gasteiger partial charge on any atom is 0.158 e. The Labute approximate surface area is 88.8 Å². The Bertz CT molecular complexity index is 459. The maximum atomic E-state index is 4.47. The molecule has 2 aromatic heterocycles. The first-order valence-electron chi connectivity index (χ1n) is 5.41. The minimum atomic E-state index is 0.977. The lowest BCUT2D eigenvalue weighted by atomic mass is 10.1. The van der Waals surface area contributed by atoms with Crippen LogP contribution in [0.15, 0.2) is 30.6 Å². The molecule has 0 atom stereocenters. The highest BCUT2D eigenvalue weighted by atomic mass is 15.1. The molecule has 2 aromatic rings. The Balaban J connectivity index is 2.09. The van der Waals surface area contributed by atoms with Gasteiger partial charge in [0.2, 0.25) is 0 Å². The first kappa shape index (κ1) is 8.65. The number of hydrogen-bond donors (Lipinski definition) is 0. The fraction of sp³-hybridized carbons (Fsp3) is 0.333. The lowest BCUT2D eigenvalue weighted by Crippen LogP contribution is -2.10. The topological polar surface area (TPSA) is 30.7 Å². The predicted molar refractivity (Wildman–Crippen MR) is 58.4 cm³/mol. The van der Waals surface area contributed by atoms with Crippen LogP contribution in [0.5, 0.6) is 0 Å². The Morgan fingerprint density at radius 1 is 1.13 bits per heavy atom. The quantitative estimate of drug-likeness (QED) is 0.705. The van der Waals surface area contributed by atoms with Gasteiger partial charge in [-0.2, -0.15) is 0 Å². The van der Waals surface area contributed by atoms with E-state index in [2.05, 4.69) is 14.5 Å². The Hall–Kier alpha value is -1.64. The van der Waals surface area contributed by atoms with Gasteiger partial charge in [-0.25, -0.2) is 4.98 Å². The number of fused-ring (bicyclic) bond motifs is 1. The lowest BCUT2D eigenvalue weighted by Gasteiger charge is -2.15. The smallest absolute Gasteiger partial charge is 0.158 e. The minimum absolute atomic E-state index is 0.977. The second kappa shape index (κ2) is 3.50. The van der Waals surface area contributed by atoms with Crippen molar-refractivity contribution in [1.82, 2.24) is 14.5 Å². The van der Waals surface area contributed by atoms with Gasteiger partial charge in [-0.3, -0.25) is 4.98 Å². The summed E-state index contributed by atoms with van der Waals surface area (Å²) in [4.78, 5) is 8.81. The van der Waals surface area contributed by atoms with Crippen LogP contribution in [0.2, 0.25) is 0 Å². The number of aromatic nitrogens is 3. The highest BCUT2D eigenvalue weighted by molar-refractivity contribution is 5.50. The van der Waals surface area contributed by atoms with Gasteiger partial charge in [0.1, 0.15) is 5.69 Å². The number of aryl methyl sites for hydroxylation is 1. The highest BCUT2D eigenvalue weighted by Gasteiger charge is 2.15. The van der Waals surface area contributed by atoms with E-state index in [4.69, 9.17) is 0 Å². The number of rotatable bonds is 1. The summed E-state index contributed by atoms with van der Waals surface area (Å²) < 4.78 is 2.30. The van der Waals surface area contributed by atoms with Gasteiger partial charge in [0, 0.05) is 24.6 Å². The van der Waals surface area contributed by atoms with Crippen molar-refractivity contribution in [2.24, 2.45) is 0 Å². The monoisotopic (exact) mass is 199 g/mol. The van der Waals surface area contributed by atoms with Gasteiger partial charge < -0.3 is 4.57 Å². The predicted octanol–water partition coefficient (Wildman–Crippen LogP) is 2.28. The van der Waals surface area contributed by atoms with E-state index in [1.165, 1.54) is 18.5 Å². The molecule has 3 heterocycles. The molecular formula is C12H13N3. The molecule has 76 valence electrons. The second-order valence-electron chi connectivity index (χ2n) is 3.90. The summed E-state index contributed by atoms with van der Waals surface area (Å²) in [5.74, 6) is 1.02. The average molecular weight is 199 g/mol. The number of hydrogen-bond acceptors (Lipinski definition) is 2. The van der Waals surface area contributed by atoms with E-state index < -0.39 is 0 Å². The van der Waals surface area contributed by atoms with Crippen molar-refractivity contribution < 1.29 is 0 Å². The number of imidazole rings is 1. The summed E-state index contributed by atoms with van der Waals surface area (Å²) in [6.45, 7) is 1.08. The van der Waals surface area contributed by atoms with Gasteiger partial charge in [-0.15, -0.1) is 0 Å². The fourth-order valence-corrected chi connectivity index (χ4v) is 2.14. The summed E-state index contributed by atoms with van der Waals surface area (Å²) in [6, 6.07) is 5.96. The van der Waals surface area contributed by atoms with Gasteiger partial charge in [-0.05, 0) is 31.4 Å². The van der Waals surface area contributed by atoms with E-state index in [0.29, 0.717) is 0 Å². The minimum Gasteiger partial charge on any atom is -0.327 e. The van der Waals surface area contributed by atoms with Crippen molar-refractivity contribution in [3.63, 3.8) is 0 Å². The molecular weight excluding hydrogens is 186 g/mol. The number of nitrogens with zero attached hydrogens (tertiary/aromatic N) is 3. The van der Waals surface area contributed by atoms with Crippen LogP contribution in [0, 0.1) is 0 Å². The van der Waals surface area contributed by atoms with Crippen LogP contribution >= 0.6 is 0 Å². The van der Waals surface area contributed by atoms with Crippen molar-refractivity contribution >= 4 is 0 Å². The van der Waals surface area contributed by atoms with Crippen LogP contribution in [-0.4, -0.2) is 14.5 Å². The molecule has 0 bridgehead atoms. The molecule has 0 aromatic carbocycles. The molecule has 0 saturated heterocycles.